The highest BCUT2D eigenvalue weighted by Gasteiger charge is 2.50. The van der Waals surface area contributed by atoms with Crippen LogP contribution in [0, 0.1) is 24.2 Å². The number of Topliss-reactive ketones (excluding diaryl/α,β-unsaturated/α-hetero) is 1. The van der Waals surface area contributed by atoms with Crippen LogP contribution in [0.5, 0.6) is 11.5 Å². The highest BCUT2D eigenvalue weighted by Crippen LogP contribution is 2.31. The summed E-state index contributed by atoms with van der Waals surface area (Å²) >= 11 is 0. The van der Waals surface area contributed by atoms with Crippen LogP contribution < -0.4 is 30.7 Å². The van der Waals surface area contributed by atoms with E-state index in [0.29, 0.717) is 55.9 Å². The van der Waals surface area contributed by atoms with Crippen molar-refractivity contribution in [2.24, 2.45) is 11.8 Å². The topological polar surface area (TPSA) is 191 Å². The lowest BCUT2D eigenvalue weighted by molar-refractivity contribution is -0.940. The first-order chi connectivity index (χ1) is 32.0. The number of aryl methyl sites for hydroxylation is 1. The molecular weight excluding hydrogens is 855 g/mol. The zero-order valence-electron chi connectivity index (χ0n) is 39.8. The van der Waals surface area contributed by atoms with Gasteiger partial charge in [0.2, 0.25) is 17.7 Å². The van der Waals surface area contributed by atoms with Gasteiger partial charge >= 0.3 is 5.97 Å². The van der Waals surface area contributed by atoms with Gasteiger partial charge in [-0.15, -0.1) is 6.42 Å². The van der Waals surface area contributed by atoms with E-state index in [0.717, 1.165) is 16.7 Å². The van der Waals surface area contributed by atoms with Crippen molar-refractivity contribution in [2.45, 2.75) is 110 Å². The lowest BCUT2D eigenvalue weighted by atomic mass is 9.93. The molecule has 0 spiro atoms. The summed E-state index contributed by atoms with van der Waals surface area (Å²) < 4.78 is 22.5. The number of esters is 1. The van der Waals surface area contributed by atoms with Crippen LogP contribution in [-0.4, -0.2) is 116 Å². The molecule has 4 amide bonds. The number of ketones is 1. The number of quaternary nitrogens is 1. The summed E-state index contributed by atoms with van der Waals surface area (Å²) in [6, 6.07) is 20.0. The van der Waals surface area contributed by atoms with Crippen molar-refractivity contribution in [1.82, 2.24) is 21.3 Å². The number of carbonyl (C=O) groups is 6. The van der Waals surface area contributed by atoms with Crippen LogP contribution in [0.15, 0.2) is 78.9 Å². The Bertz CT molecular complexity index is 2200. The Morgan fingerprint density at radius 1 is 0.731 bits per heavy atom. The molecule has 0 saturated carbocycles. The Morgan fingerprint density at radius 3 is 1.90 bits per heavy atom. The van der Waals surface area contributed by atoms with Gasteiger partial charge < -0.3 is 44.7 Å². The van der Waals surface area contributed by atoms with Gasteiger partial charge in [0.1, 0.15) is 50.0 Å². The summed E-state index contributed by atoms with van der Waals surface area (Å²) in [5.74, 6) is 0.255. The minimum absolute atomic E-state index is 0.0164. The minimum Gasteiger partial charge on any atom is -0.477 e. The van der Waals surface area contributed by atoms with Crippen LogP contribution in [0.3, 0.4) is 0 Å². The molecule has 15 heteroatoms. The number of amides is 4. The number of terminal acetylenes is 1. The molecule has 2 saturated heterocycles. The number of hydrogen-bond donors (Lipinski definition) is 4. The number of morpholine rings is 1. The maximum Gasteiger partial charge on any atom is 0.308 e. The predicted octanol–water partition coefficient (Wildman–Crippen LogP) is 4.24. The molecule has 360 valence electrons. The van der Waals surface area contributed by atoms with Crippen molar-refractivity contribution in [3.05, 3.63) is 95.6 Å². The second-order valence-electron chi connectivity index (χ2n) is 18.7. The first-order valence-corrected chi connectivity index (χ1v) is 23.2. The van der Waals surface area contributed by atoms with Crippen LogP contribution >= 0.6 is 0 Å². The van der Waals surface area contributed by atoms with Crippen LogP contribution in [0.2, 0.25) is 0 Å². The zero-order valence-corrected chi connectivity index (χ0v) is 39.8. The third kappa shape index (κ3) is 16.3. The lowest BCUT2D eigenvalue weighted by Gasteiger charge is -2.41. The van der Waals surface area contributed by atoms with E-state index in [4.69, 9.17) is 25.4 Å². The van der Waals surface area contributed by atoms with Gasteiger partial charge in [0.15, 0.2) is 23.8 Å². The Labute approximate surface area is 395 Å². The van der Waals surface area contributed by atoms with Crippen LogP contribution in [-0.2, 0) is 57.6 Å². The highest BCUT2D eigenvalue weighted by molar-refractivity contribution is 5.98. The highest BCUT2D eigenvalue weighted by atomic mass is 16.6. The molecule has 2 aliphatic heterocycles. The summed E-state index contributed by atoms with van der Waals surface area (Å²) in [6.07, 6.45) is 6.91. The second kappa shape index (κ2) is 24.6. The fourth-order valence-electron chi connectivity index (χ4n) is 8.28. The average molecular weight is 923 g/mol. The van der Waals surface area contributed by atoms with Gasteiger partial charge in [0, 0.05) is 18.9 Å². The number of ether oxygens (including phenoxy) is 4. The number of nitrogens with zero attached hydrogens (tertiary/aromatic N) is 1. The molecule has 67 heavy (non-hydrogen) atoms. The van der Waals surface area contributed by atoms with E-state index in [2.05, 4.69) is 27.2 Å². The van der Waals surface area contributed by atoms with Gasteiger partial charge in [-0.1, -0.05) is 94.3 Å². The van der Waals surface area contributed by atoms with Gasteiger partial charge in [-0.3, -0.25) is 28.8 Å². The Kier molecular flexibility index (Phi) is 19.1. The van der Waals surface area contributed by atoms with Crippen molar-refractivity contribution in [3.63, 3.8) is 0 Å². The summed E-state index contributed by atoms with van der Waals surface area (Å²) in [5.41, 5.74) is 1.61. The number of epoxide rings is 1. The molecule has 3 aromatic carbocycles. The second-order valence-corrected chi connectivity index (χ2v) is 18.7. The molecule has 2 fully saturated rings. The SMILES string of the molecule is C#CCOc1cc(C[N+]2(CC(=O)N[C@@H](CCc3ccccc3)C(=O)N[C@@H](CC(C)C)C(=O)N[C@@H](Cc3ccccc3)C(=O)N[C@@H](CC(C)C)C(=O)[C@@]3(C)CO3)CCOCC2)ccc1OC(C)=O. The van der Waals surface area contributed by atoms with Crippen molar-refractivity contribution in [1.29, 1.82) is 0 Å². The number of rotatable bonds is 25. The number of carbonyl (C=O) groups excluding carboxylic acids is 6. The summed E-state index contributed by atoms with van der Waals surface area (Å²) in [5, 5.41) is 11.8. The average Bonchev–Trinajstić information content (AvgIpc) is 4.05. The molecule has 0 bridgehead atoms. The molecule has 2 aliphatic rings. The van der Waals surface area contributed by atoms with Crippen LogP contribution in [0.4, 0.5) is 0 Å². The van der Waals surface area contributed by atoms with Gasteiger partial charge in [-0.05, 0) is 73.8 Å². The van der Waals surface area contributed by atoms with Crippen molar-refractivity contribution < 1.29 is 52.2 Å². The molecule has 3 aromatic rings. The molecule has 4 N–H and O–H groups in total. The Morgan fingerprint density at radius 2 is 1.30 bits per heavy atom. The molecule has 15 nitrogen and oxygen atoms in total. The molecule has 0 aromatic heterocycles. The van der Waals surface area contributed by atoms with E-state index in [9.17, 15) is 28.8 Å². The smallest absolute Gasteiger partial charge is 0.308 e. The van der Waals surface area contributed by atoms with Gasteiger partial charge in [-0.25, -0.2) is 0 Å². The molecular formula is C52H68N5O10+. The molecule has 0 unspecified atom stereocenters. The predicted molar refractivity (Wildman–Crippen MR) is 252 cm³/mol. The van der Waals surface area contributed by atoms with Crippen LogP contribution in [0.1, 0.15) is 77.5 Å². The Hall–Kier alpha value is -6.08. The fourth-order valence-corrected chi connectivity index (χ4v) is 8.28. The number of nitrogens with one attached hydrogen (secondary N) is 4. The molecule has 2 heterocycles. The largest absolute Gasteiger partial charge is 0.477 e. The monoisotopic (exact) mass is 922 g/mol. The molecule has 5 atom stereocenters. The van der Waals surface area contributed by atoms with E-state index in [-0.39, 0.29) is 68.3 Å². The van der Waals surface area contributed by atoms with E-state index in [1.807, 2.05) is 94.4 Å². The van der Waals surface area contributed by atoms with Gasteiger partial charge in [-0.2, -0.15) is 0 Å². The number of benzene rings is 3. The normalized spacial score (nSPS) is 18.0. The van der Waals surface area contributed by atoms with Crippen molar-refractivity contribution in [2.75, 3.05) is 46.1 Å². The minimum atomic E-state index is -1.09. The van der Waals surface area contributed by atoms with E-state index in [1.165, 1.54) is 6.92 Å². The maximum atomic E-state index is 14.5. The molecule has 5 rings (SSSR count). The van der Waals surface area contributed by atoms with Crippen LogP contribution in [0.25, 0.3) is 0 Å². The van der Waals surface area contributed by atoms with Crippen molar-refractivity contribution in [3.8, 4) is 23.8 Å². The summed E-state index contributed by atoms with van der Waals surface area (Å²) in [4.78, 5) is 82.6. The number of hydrogen-bond acceptors (Lipinski definition) is 10. The van der Waals surface area contributed by atoms with Crippen molar-refractivity contribution >= 4 is 35.4 Å². The first-order valence-electron chi connectivity index (χ1n) is 23.2. The standard InChI is InChI=1S/C52H67N5O10/c1-8-25-65-46-31-40(20-22-45(46)67-37(6)58)32-57(23-26-64-27-24-57)33-47(59)53-41(21-19-38-15-11-9-12-16-38)49(61)55-43(29-36(4)5)50(62)56-44(30-39-17-13-10-14-18-39)51(63)54-42(28-35(2)3)48(60)52(7)34-66-52/h1,9-18,20,22,31,35-36,41-44H,19,21,23-30,32-34H2,2-7H3,(H3-,53,54,55,56,59,61,62,63)/p+1/t41-,42-,43-,44-,52+/m0/s1. The first kappa shape index (κ1) is 51.9. The van der Waals surface area contributed by atoms with Gasteiger partial charge in [0.05, 0.1) is 25.9 Å². The summed E-state index contributed by atoms with van der Waals surface area (Å²) in [7, 11) is 0. The fraction of sp³-hybridized carbons (Fsp3) is 0.500. The van der Waals surface area contributed by atoms with Gasteiger partial charge in [0.25, 0.3) is 5.91 Å². The third-order valence-electron chi connectivity index (χ3n) is 11.9. The lowest BCUT2D eigenvalue weighted by Crippen LogP contribution is -2.61. The maximum absolute atomic E-state index is 14.5. The molecule has 0 radical (unpaired) electrons. The quantitative estimate of drug-likeness (QED) is 0.0315. The zero-order chi connectivity index (χ0) is 48.6. The van der Waals surface area contributed by atoms with E-state index >= 15 is 0 Å². The Balaban J connectivity index is 1.36. The third-order valence-corrected chi connectivity index (χ3v) is 11.9. The van der Waals surface area contributed by atoms with E-state index < -0.39 is 53.5 Å². The molecule has 0 aliphatic carbocycles. The van der Waals surface area contributed by atoms with E-state index in [1.54, 1.807) is 19.1 Å². The summed E-state index contributed by atoms with van der Waals surface area (Å²) in [6.45, 7) is 13.3.